The number of sulfonamides is 1. The molecule has 0 spiro atoms. The largest absolute Gasteiger partial charge is 0.357 e. The highest BCUT2D eigenvalue weighted by atomic mass is 35.5. The Morgan fingerprint density at radius 2 is 1.79 bits per heavy atom. The van der Waals surface area contributed by atoms with Crippen molar-refractivity contribution < 1.29 is 22.8 Å². The Kier molecular flexibility index (Phi) is 7.76. The average molecular weight is 492 g/mol. The molecule has 176 valence electrons. The number of hydrogen-bond acceptors (Lipinski definition) is 5. The number of likely N-dealkylation sites (N-methyl/N-ethyl adjacent to an activating group) is 1. The monoisotopic (exact) mass is 491 g/mol. The van der Waals surface area contributed by atoms with Crippen molar-refractivity contribution in [2.45, 2.75) is 43.7 Å². The average Bonchev–Trinajstić information content (AvgIpc) is 3.00. The summed E-state index contributed by atoms with van der Waals surface area (Å²) in [5.74, 6) is -1.18. The molecular formula is C23H26ClN3O5S. The van der Waals surface area contributed by atoms with Gasteiger partial charge in [-0.2, -0.15) is 0 Å². The van der Waals surface area contributed by atoms with Crippen LogP contribution < -0.4 is 5.32 Å². The van der Waals surface area contributed by atoms with E-state index < -0.39 is 22.0 Å². The maximum absolute atomic E-state index is 13.1. The van der Waals surface area contributed by atoms with Gasteiger partial charge < -0.3 is 10.2 Å². The van der Waals surface area contributed by atoms with Crippen LogP contribution in [0.2, 0.25) is 5.02 Å². The van der Waals surface area contributed by atoms with Gasteiger partial charge in [0.25, 0.3) is 15.9 Å². The molecule has 0 fully saturated rings. The van der Waals surface area contributed by atoms with Gasteiger partial charge in [0.1, 0.15) is 10.9 Å². The van der Waals surface area contributed by atoms with E-state index in [0.717, 1.165) is 9.87 Å². The summed E-state index contributed by atoms with van der Waals surface area (Å²) in [6, 6.07) is 12.4. The molecule has 0 aromatic heterocycles. The normalized spacial score (nSPS) is 15.1. The predicted molar refractivity (Wildman–Crippen MR) is 124 cm³/mol. The van der Waals surface area contributed by atoms with Crippen LogP contribution in [0.1, 0.15) is 42.1 Å². The van der Waals surface area contributed by atoms with Crippen LogP contribution in [-0.2, 0) is 26.2 Å². The molecule has 0 saturated carbocycles. The summed E-state index contributed by atoms with van der Waals surface area (Å²) in [6.07, 6.45) is 0.531. The van der Waals surface area contributed by atoms with Crippen molar-refractivity contribution in [3.8, 4) is 0 Å². The van der Waals surface area contributed by atoms with Gasteiger partial charge in [0.2, 0.25) is 11.8 Å². The molecule has 10 heteroatoms. The third-order valence-electron chi connectivity index (χ3n) is 5.56. The molecule has 0 aliphatic carbocycles. The first-order chi connectivity index (χ1) is 15.7. The van der Waals surface area contributed by atoms with E-state index in [1.54, 1.807) is 36.4 Å². The van der Waals surface area contributed by atoms with Crippen molar-refractivity contribution in [2.75, 3.05) is 13.6 Å². The summed E-state index contributed by atoms with van der Waals surface area (Å²) in [5, 5.41) is 3.15. The summed E-state index contributed by atoms with van der Waals surface area (Å²) in [7, 11) is -2.41. The van der Waals surface area contributed by atoms with Crippen molar-refractivity contribution >= 4 is 39.3 Å². The highest BCUT2D eigenvalue weighted by Gasteiger charge is 2.40. The Labute approximate surface area is 198 Å². The molecule has 1 unspecified atom stereocenters. The second kappa shape index (κ2) is 10.4. The van der Waals surface area contributed by atoms with Crippen LogP contribution in [0.15, 0.2) is 53.4 Å². The second-order valence-corrected chi connectivity index (χ2v) is 9.94. The van der Waals surface area contributed by atoms with E-state index in [1.807, 2.05) is 6.92 Å². The number of carbonyl (C=O) groups is 3. The molecule has 8 nitrogen and oxygen atoms in total. The summed E-state index contributed by atoms with van der Waals surface area (Å²) in [4.78, 5) is 39.6. The van der Waals surface area contributed by atoms with Crippen LogP contribution in [0.25, 0.3) is 0 Å². The number of amides is 3. The van der Waals surface area contributed by atoms with Gasteiger partial charge in [-0.15, -0.1) is 0 Å². The van der Waals surface area contributed by atoms with Gasteiger partial charge in [0, 0.05) is 31.6 Å². The van der Waals surface area contributed by atoms with Crippen LogP contribution in [0.4, 0.5) is 0 Å². The summed E-state index contributed by atoms with van der Waals surface area (Å²) in [6.45, 7) is 1.90. The van der Waals surface area contributed by atoms with Gasteiger partial charge in [-0.05, 0) is 42.7 Å². The van der Waals surface area contributed by atoms with Gasteiger partial charge in [0.05, 0.1) is 5.56 Å². The lowest BCUT2D eigenvalue weighted by atomic mass is 10.1. The van der Waals surface area contributed by atoms with E-state index in [2.05, 4.69) is 5.32 Å². The van der Waals surface area contributed by atoms with Gasteiger partial charge >= 0.3 is 0 Å². The molecular weight excluding hydrogens is 466 g/mol. The molecule has 3 amide bonds. The number of benzene rings is 2. The van der Waals surface area contributed by atoms with Crippen LogP contribution in [0.5, 0.6) is 0 Å². The Hall–Kier alpha value is -2.91. The Morgan fingerprint density at radius 1 is 1.12 bits per heavy atom. The van der Waals surface area contributed by atoms with E-state index in [4.69, 9.17) is 11.6 Å². The number of nitrogens with one attached hydrogen (secondary N) is 1. The van der Waals surface area contributed by atoms with Crippen molar-refractivity contribution in [3.05, 3.63) is 64.7 Å². The third-order valence-corrected chi connectivity index (χ3v) is 7.65. The van der Waals surface area contributed by atoms with Gasteiger partial charge in [-0.25, -0.2) is 12.7 Å². The number of rotatable bonds is 9. The van der Waals surface area contributed by atoms with Crippen LogP contribution >= 0.6 is 11.6 Å². The molecule has 0 bridgehead atoms. The molecule has 1 aliphatic heterocycles. The zero-order valence-corrected chi connectivity index (χ0v) is 20.0. The number of halogens is 1. The minimum Gasteiger partial charge on any atom is -0.357 e. The topological polar surface area (TPSA) is 104 Å². The standard InChI is InChI=1S/C23H26ClN3O5S/c1-3-19(22(29)25-2)26(15-16-10-12-17(24)13-11-16)21(28)9-6-14-27-23(30)18-7-4-5-8-20(18)33(27,31)32/h4-5,7-8,10-13,19H,3,6,9,14-15H2,1-2H3,(H,25,29). The zero-order valence-electron chi connectivity index (χ0n) is 18.5. The van der Waals surface area contributed by atoms with E-state index >= 15 is 0 Å². The van der Waals surface area contributed by atoms with E-state index in [-0.39, 0.29) is 48.2 Å². The molecule has 33 heavy (non-hydrogen) atoms. The smallest absolute Gasteiger partial charge is 0.269 e. The lowest BCUT2D eigenvalue weighted by molar-refractivity contribution is -0.141. The van der Waals surface area contributed by atoms with E-state index in [0.29, 0.717) is 11.4 Å². The maximum Gasteiger partial charge on any atom is 0.269 e. The quantitative estimate of drug-likeness (QED) is 0.581. The predicted octanol–water partition coefficient (Wildman–Crippen LogP) is 2.82. The third kappa shape index (κ3) is 5.20. The number of nitrogens with zero attached hydrogens (tertiary/aromatic N) is 2. The zero-order chi connectivity index (χ0) is 24.2. The molecule has 1 heterocycles. The highest BCUT2D eigenvalue weighted by molar-refractivity contribution is 7.90. The second-order valence-electron chi connectivity index (χ2n) is 7.67. The van der Waals surface area contributed by atoms with Crippen LogP contribution in [-0.4, -0.2) is 55.0 Å². The molecule has 0 radical (unpaired) electrons. The summed E-state index contributed by atoms with van der Waals surface area (Å²) >= 11 is 5.95. The fourth-order valence-corrected chi connectivity index (χ4v) is 5.58. The number of fused-ring (bicyclic) bond motifs is 1. The minimum atomic E-state index is -3.92. The first-order valence-electron chi connectivity index (χ1n) is 10.6. The molecule has 1 aliphatic rings. The van der Waals surface area contributed by atoms with Crippen molar-refractivity contribution in [3.63, 3.8) is 0 Å². The molecule has 1 N–H and O–H groups in total. The van der Waals surface area contributed by atoms with Gasteiger partial charge in [0.15, 0.2) is 0 Å². The van der Waals surface area contributed by atoms with E-state index in [1.165, 1.54) is 24.1 Å². The summed E-state index contributed by atoms with van der Waals surface area (Å²) < 4.78 is 26.2. The van der Waals surface area contributed by atoms with Crippen molar-refractivity contribution in [1.29, 1.82) is 0 Å². The lowest BCUT2D eigenvalue weighted by Crippen LogP contribution is -2.48. The van der Waals surface area contributed by atoms with Crippen LogP contribution in [0.3, 0.4) is 0 Å². The maximum atomic E-state index is 13.1. The van der Waals surface area contributed by atoms with Gasteiger partial charge in [-0.1, -0.05) is 42.8 Å². The summed E-state index contributed by atoms with van der Waals surface area (Å²) in [5.41, 5.74) is 0.946. The Balaban J connectivity index is 1.72. The minimum absolute atomic E-state index is 0.0171. The number of hydrogen-bond donors (Lipinski definition) is 1. The molecule has 0 saturated heterocycles. The SMILES string of the molecule is CCC(C(=O)NC)N(Cc1ccc(Cl)cc1)C(=O)CCCN1C(=O)c2ccccc2S1(=O)=O. The fraction of sp³-hybridized carbons (Fsp3) is 0.348. The number of carbonyl (C=O) groups excluding carboxylic acids is 3. The molecule has 3 rings (SSSR count). The van der Waals surface area contributed by atoms with Crippen molar-refractivity contribution in [1.82, 2.24) is 14.5 Å². The molecule has 2 aromatic rings. The molecule has 1 atom stereocenters. The van der Waals surface area contributed by atoms with Gasteiger partial charge in [-0.3, -0.25) is 14.4 Å². The molecule has 2 aromatic carbocycles. The van der Waals surface area contributed by atoms with E-state index in [9.17, 15) is 22.8 Å². The van der Waals surface area contributed by atoms with Crippen molar-refractivity contribution in [2.24, 2.45) is 0 Å². The lowest BCUT2D eigenvalue weighted by Gasteiger charge is -2.30. The Bertz CT molecular complexity index is 1150. The van der Waals surface area contributed by atoms with Crippen LogP contribution in [0, 0.1) is 0 Å². The fourth-order valence-electron chi connectivity index (χ4n) is 3.84. The Morgan fingerprint density at radius 3 is 2.39 bits per heavy atom. The first kappa shape index (κ1) is 24.7. The highest BCUT2D eigenvalue weighted by Crippen LogP contribution is 2.30. The first-order valence-corrected chi connectivity index (χ1v) is 12.4.